The maximum atomic E-state index is 12.1. The summed E-state index contributed by atoms with van der Waals surface area (Å²) < 4.78 is 10.6. The lowest BCUT2D eigenvalue weighted by Crippen LogP contribution is -2.28. The van der Waals surface area contributed by atoms with Crippen molar-refractivity contribution in [2.75, 3.05) is 13.2 Å². The Kier molecular flexibility index (Phi) is 31.0. The van der Waals surface area contributed by atoms with E-state index in [0.717, 1.165) is 44.4 Å². The van der Waals surface area contributed by atoms with Gasteiger partial charge in [-0.3, -0.25) is 9.59 Å². The molecule has 0 aromatic heterocycles. The molecule has 0 rings (SSSR count). The van der Waals surface area contributed by atoms with Gasteiger partial charge in [0.15, 0.2) is 6.10 Å². The highest BCUT2D eigenvalue weighted by molar-refractivity contribution is 5.70. The molecule has 0 unspecified atom stereocenters. The van der Waals surface area contributed by atoms with Crippen molar-refractivity contribution in [2.24, 2.45) is 5.92 Å². The molecule has 5 nitrogen and oxygen atoms in total. The van der Waals surface area contributed by atoms with Crippen LogP contribution in [-0.2, 0) is 19.1 Å². The summed E-state index contributed by atoms with van der Waals surface area (Å²) in [5.41, 5.74) is 0. The molecule has 0 aliphatic heterocycles. The molecule has 0 fully saturated rings. The van der Waals surface area contributed by atoms with Crippen LogP contribution in [0, 0.1) is 5.92 Å². The van der Waals surface area contributed by atoms with Gasteiger partial charge in [0.1, 0.15) is 6.61 Å². The highest BCUT2D eigenvalue weighted by Crippen LogP contribution is 2.15. The fraction of sp³-hybridized carbons (Fsp3) is 0.944. The molecule has 0 amide bonds. The molecule has 0 bridgehead atoms. The second-order valence-corrected chi connectivity index (χ2v) is 12.8. The summed E-state index contributed by atoms with van der Waals surface area (Å²) in [7, 11) is 0. The van der Waals surface area contributed by atoms with Crippen LogP contribution in [-0.4, -0.2) is 36.4 Å². The second-order valence-electron chi connectivity index (χ2n) is 12.8. The number of hydrogen-bond acceptors (Lipinski definition) is 5. The smallest absolute Gasteiger partial charge is 0.306 e. The van der Waals surface area contributed by atoms with Crippen LogP contribution in [0.25, 0.3) is 0 Å². The Morgan fingerprint density at radius 3 is 1.29 bits per heavy atom. The molecular formula is C36H70O5. The molecule has 1 atom stereocenters. The van der Waals surface area contributed by atoms with Gasteiger partial charge in [0.2, 0.25) is 0 Å². The minimum atomic E-state index is -0.761. The standard InChI is InChI=1S/C36H70O5/c1-4-5-6-7-8-9-10-11-14-18-21-24-27-30-36(39)41-34(31-37)32-40-35(38)29-26-23-20-17-15-12-13-16-19-22-25-28-33(2)3/h33-34,37H,4-32H2,1-3H3/t34-/m0/s1. The highest BCUT2D eigenvalue weighted by atomic mass is 16.6. The van der Waals surface area contributed by atoms with E-state index in [4.69, 9.17) is 9.47 Å². The monoisotopic (exact) mass is 583 g/mol. The van der Waals surface area contributed by atoms with E-state index in [1.165, 1.54) is 122 Å². The Morgan fingerprint density at radius 1 is 0.537 bits per heavy atom. The van der Waals surface area contributed by atoms with Crippen molar-refractivity contribution in [3.8, 4) is 0 Å². The number of rotatable bonds is 32. The summed E-state index contributed by atoms with van der Waals surface area (Å²) in [6, 6.07) is 0. The molecule has 0 aliphatic carbocycles. The van der Waals surface area contributed by atoms with Crippen LogP contribution in [0.3, 0.4) is 0 Å². The van der Waals surface area contributed by atoms with E-state index in [1.54, 1.807) is 0 Å². The molecule has 41 heavy (non-hydrogen) atoms. The molecule has 0 radical (unpaired) electrons. The molecule has 0 aliphatic rings. The largest absolute Gasteiger partial charge is 0.462 e. The first-order chi connectivity index (χ1) is 20.0. The minimum Gasteiger partial charge on any atom is -0.462 e. The molecule has 0 saturated carbocycles. The average Bonchev–Trinajstić information content (AvgIpc) is 2.95. The zero-order valence-electron chi connectivity index (χ0n) is 27.7. The van der Waals surface area contributed by atoms with Gasteiger partial charge in [0.05, 0.1) is 6.61 Å². The number of esters is 2. The van der Waals surface area contributed by atoms with Gasteiger partial charge >= 0.3 is 11.9 Å². The molecule has 5 heteroatoms. The molecule has 0 heterocycles. The van der Waals surface area contributed by atoms with Gasteiger partial charge in [0.25, 0.3) is 0 Å². The minimum absolute atomic E-state index is 0.0584. The van der Waals surface area contributed by atoms with Gasteiger partial charge in [0, 0.05) is 12.8 Å². The molecule has 244 valence electrons. The van der Waals surface area contributed by atoms with Crippen molar-refractivity contribution in [1.29, 1.82) is 0 Å². The number of aliphatic hydroxyl groups excluding tert-OH is 1. The van der Waals surface area contributed by atoms with Gasteiger partial charge in [-0.05, 0) is 18.8 Å². The Balaban J connectivity index is 3.53. The lowest BCUT2D eigenvalue weighted by molar-refractivity contribution is -0.161. The van der Waals surface area contributed by atoms with Crippen LogP contribution in [0.15, 0.2) is 0 Å². The van der Waals surface area contributed by atoms with E-state index >= 15 is 0 Å². The van der Waals surface area contributed by atoms with E-state index in [-0.39, 0.29) is 25.2 Å². The average molecular weight is 583 g/mol. The van der Waals surface area contributed by atoms with E-state index in [2.05, 4.69) is 20.8 Å². The highest BCUT2D eigenvalue weighted by Gasteiger charge is 2.16. The Bertz CT molecular complexity index is 562. The fourth-order valence-corrected chi connectivity index (χ4v) is 5.33. The molecular weight excluding hydrogens is 512 g/mol. The van der Waals surface area contributed by atoms with E-state index in [1.807, 2.05) is 0 Å². The summed E-state index contributed by atoms with van der Waals surface area (Å²) in [5.74, 6) is 0.255. The third kappa shape index (κ3) is 31.7. The molecule has 0 saturated heterocycles. The van der Waals surface area contributed by atoms with E-state index in [0.29, 0.717) is 12.8 Å². The zero-order valence-corrected chi connectivity index (χ0v) is 27.7. The number of unbranched alkanes of at least 4 members (excludes halogenated alkanes) is 22. The predicted molar refractivity (Wildman–Crippen MR) is 173 cm³/mol. The molecule has 0 spiro atoms. The first-order valence-corrected chi connectivity index (χ1v) is 18.0. The lowest BCUT2D eigenvalue weighted by Gasteiger charge is -2.15. The summed E-state index contributed by atoms with van der Waals surface area (Å²) in [6.07, 6.45) is 31.5. The molecule has 0 aromatic carbocycles. The number of carbonyl (C=O) groups excluding carboxylic acids is 2. The van der Waals surface area contributed by atoms with Crippen molar-refractivity contribution >= 4 is 11.9 Å². The summed E-state index contributed by atoms with van der Waals surface area (Å²) in [6.45, 7) is 6.48. The summed E-state index contributed by atoms with van der Waals surface area (Å²) in [4.78, 5) is 24.1. The van der Waals surface area contributed by atoms with Crippen LogP contribution in [0.4, 0.5) is 0 Å². The van der Waals surface area contributed by atoms with Crippen molar-refractivity contribution in [1.82, 2.24) is 0 Å². The quantitative estimate of drug-likeness (QED) is 0.0631. The van der Waals surface area contributed by atoms with Gasteiger partial charge in [-0.25, -0.2) is 0 Å². The van der Waals surface area contributed by atoms with E-state index in [9.17, 15) is 14.7 Å². The summed E-state index contributed by atoms with van der Waals surface area (Å²) >= 11 is 0. The van der Waals surface area contributed by atoms with Crippen molar-refractivity contribution in [3.63, 3.8) is 0 Å². The normalized spacial score (nSPS) is 12.1. The van der Waals surface area contributed by atoms with Gasteiger partial charge in [-0.15, -0.1) is 0 Å². The van der Waals surface area contributed by atoms with Crippen molar-refractivity contribution < 1.29 is 24.2 Å². The second kappa shape index (κ2) is 31.8. The Labute approximate surface area is 255 Å². The first-order valence-electron chi connectivity index (χ1n) is 18.0. The topological polar surface area (TPSA) is 72.8 Å². The van der Waals surface area contributed by atoms with Gasteiger partial charge in [-0.2, -0.15) is 0 Å². The number of aliphatic hydroxyl groups is 1. The van der Waals surface area contributed by atoms with Crippen LogP contribution in [0.5, 0.6) is 0 Å². The van der Waals surface area contributed by atoms with Crippen LogP contribution in [0.2, 0.25) is 0 Å². The number of hydrogen-bond donors (Lipinski definition) is 1. The van der Waals surface area contributed by atoms with E-state index < -0.39 is 6.10 Å². The Morgan fingerprint density at radius 2 is 0.902 bits per heavy atom. The maximum Gasteiger partial charge on any atom is 0.306 e. The fourth-order valence-electron chi connectivity index (χ4n) is 5.33. The maximum absolute atomic E-state index is 12.1. The SMILES string of the molecule is CCCCCCCCCCCCCCCC(=O)O[C@@H](CO)COC(=O)CCCCCCCCCCCCCC(C)C. The molecule has 0 aromatic rings. The lowest BCUT2D eigenvalue weighted by atomic mass is 10.0. The van der Waals surface area contributed by atoms with Crippen LogP contribution >= 0.6 is 0 Å². The Hall–Kier alpha value is -1.10. The van der Waals surface area contributed by atoms with Gasteiger partial charge < -0.3 is 14.6 Å². The molecule has 1 N–H and O–H groups in total. The van der Waals surface area contributed by atoms with Crippen LogP contribution in [0.1, 0.15) is 194 Å². The zero-order chi connectivity index (χ0) is 30.2. The summed E-state index contributed by atoms with van der Waals surface area (Å²) in [5, 5.41) is 9.51. The van der Waals surface area contributed by atoms with Gasteiger partial charge in [-0.1, -0.05) is 168 Å². The van der Waals surface area contributed by atoms with Crippen molar-refractivity contribution in [3.05, 3.63) is 0 Å². The first kappa shape index (κ1) is 39.9. The predicted octanol–water partition coefficient (Wildman–Crippen LogP) is 10.6. The van der Waals surface area contributed by atoms with Crippen LogP contribution < -0.4 is 0 Å². The van der Waals surface area contributed by atoms with Crippen molar-refractivity contribution in [2.45, 2.75) is 200 Å². The third-order valence-electron chi connectivity index (χ3n) is 8.08. The number of ether oxygens (including phenoxy) is 2. The third-order valence-corrected chi connectivity index (χ3v) is 8.08. The number of carbonyl (C=O) groups is 2.